The van der Waals surface area contributed by atoms with E-state index in [0.717, 1.165) is 23.4 Å². The van der Waals surface area contributed by atoms with E-state index in [1.54, 1.807) is 11.2 Å². The summed E-state index contributed by atoms with van der Waals surface area (Å²) in [6.07, 6.45) is 0. The van der Waals surface area contributed by atoms with E-state index in [9.17, 15) is 13.2 Å². The number of ether oxygens (including phenoxy) is 1. The molecule has 1 fully saturated rings. The Kier molecular flexibility index (Phi) is 8.17. The lowest BCUT2D eigenvalue weighted by Gasteiger charge is -2.33. The van der Waals surface area contributed by atoms with Crippen LogP contribution in [0.3, 0.4) is 0 Å². The maximum absolute atomic E-state index is 12.7. The Hall–Kier alpha value is -3.20. The molecule has 1 aliphatic rings. The molecule has 1 saturated heterocycles. The number of nitrogens with zero attached hydrogens (tertiary/aromatic N) is 2. The maximum Gasteiger partial charge on any atom is 0.255 e. The van der Waals surface area contributed by atoms with Crippen LogP contribution in [0.15, 0.2) is 78.9 Å². The predicted octanol–water partition coefficient (Wildman–Crippen LogP) is 3.99. The number of anilines is 1. The summed E-state index contributed by atoms with van der Waals surface area (Å²) in [7, 11) is -3.12. The summed E-state index contributed by atoms with van der Waals surface area (Å²) in [6.45, 7) is 5.34. The first kappa shape index (κ1) is 24.9. The summed E-state index contributed by atoms with van der Waals surface area (Å²) in [4.78, 5) is 14.9. The van der Waals surface area contributed by atoms with Gasteiger partial charge in [0, 0.05) is 44.0 Å². The lowest BCUT2D eigenvalue weighted by molar-refractivity contribution is 0.102. The quantitative estimate of drug-likeness (QED) is 0.488. The third-order valence-electron chi connectivity index (χ3n) is 6.07. The first-order valence-electron chi connectivity index (χ1n) is 11.8. The van der Waals surface area contributed by atoms with Gasteiger partial charge in [-0.25, -0.2) is 8.42 Å². The van der Waals surface area contributed by atoms with Gasteiger partial charge in [-0.05, 0) is 54.4 Å². The topological polar surface area (TPSA) is 79.0 Å². The van der Waals surface area contributed by atoms with Crippen molar-refractivity contribution in [2.24, 2.45) is 0 Å². The van der Waals surface area contributed by atoms with Crippen molar-refractivity contribution >= 4 is 21.6 Å². The highest BCUT2D eigenvalue weighted by Gasteiger charge is 2.25. The van der Waals surface area contributed by atoms with Gasteiger partial charge in [-0.1, -0.05) is 42.5 Å². The minimum absolute atomic E-state index is 0.142. The van der Waals surface area contributed by atoms with Crippen molar-refractivity contribution in [1.82, 2.24) is 9.21 Å². The molecule has 1 aliphatic heterocycles. The highest BCUT2D eigenvalue weighted by molar-refractivity contribution is 7.89. The SMILES string of the molecule is CCS(=O)(=O)N1CCN(Cc2ccc(C(=O)Nc3ccc(OCc4ccccc4)cc3)cc2)CC1. The number of piperazine rings is 1. The molecule has 0 unspecified atom stereocenters. The molecule has 0 spiro atoms. The normalized spacial score (nSPS) is 15.0. The Balaban J connectivity index is 1.25. The molecule has 0 bridgehead atoms. The largest absolute Gasteiger partial charge is 0.489 e. The number of carbonyl (C=O) groups excluding carboxylic acids is 1. The maximum atomic E-state index is 12.7. The van der Waals surface area contributed by atoms with Gasteiger partial charge >= 0.3 is 0 Å². The number of benzene rings is 3. The average Bonchev–Trinajstić information content (AvgIpc) is 2.89. The molecule has 1 N–H and O–H groups in total. The molecular formula is C27H31N3O4S. The van der Waals surface area contributed by atoms with E-state index >= 15 is 0 Å². The van der Waals surface area contributed by atoms with Crippen molar-refractivity contribution in [3.05, 3.63) is 95.6 Å². The number of amides is 1. The summed E-state index contributed by atoms with van der Waals surface area (Å²) in [5.41, 5.74) is 3.47. The fourth-order valence-corrected chi connectivity index (χ4v) is 5.03. The molecule has 3 aromatic carbocycles. The Labute approximate surface area is 207 Å². The van der Waals surface area contributed by atoms with Crippen molar-refractivity contribution < 1.29 is 17.9 Å². The molecular weight excluding hydrogens is 462 g/mol. The van der Waals surface area contributed by atoms with Crippen LogP contribution >= 0.6 is 0 Å². The van der Waals surface area contributed by atoms with Gasteiger partial charge in [0.05, 0.1) is 5.75 Å². The molecule has 0 radical (unpaired) electrons. The van der Waals surface area contributed by atoms with Gasteiger partial charge in [0.2, 0.25) is 10.0 Å². The van der Waals surface area contributed by atoms with Crippen LogP contribution in [0.1, 0.15) is 28.4 Å². The zero-order valence-electron chi connectivity index (χ0n) is 19.9. The molecule has 0 atom stereocenters. The van der Waals surface area contributed by atoms with Crippen LogP contribution in [0.25, 0.3) is 0 Å². The molecule has 35 heavy (non-hydrogen) atoms. The van der Waals surface area contributed by atoms with Crippen molar-refractivity contribution in [3.63, 3.8) is 0 Å². The third-order valence-corrected chi connectivity index (χ3v) is 7.95. The van der Waals surface area contributed by atoms with Gasteiger partial charge in [-0.15, -0.1) is 0 Å². The van der Waals surface area contributed by atoms with Crippen molar-refractivity contribution in [2.75, 3.05) is 37.2 Å². The molecule has 7 nitrogen and oxygen atoms in total. The number of rotatable bonds is 9. The fourth-order valence-electron chi connectivity index (χ4n) is 3.95. The molecule has 1 heterocycles. The fraction of sp³-hybridized carbons (Fsp3) is 0.296. The summed E-state index contributed by atoms with van der Waals surface area (Å²) in [5, 5.41) is 2.92. The van der Waals surface area contributed by atoms with E-state index in [0.29, 0.717) is 44.0 Å². The predicted molar refractivity (Wildman–Crippen MR) is 138 cm³/mol. The first-order chi connectivity index (χ1) is 16.9. The highest BCUT2D eigenvalue weighted by atomic mass is 32.2. The lowest BCUT2D eigenvalue weighted by Crippen LogP contribution is -2.48. The monoisotopic (exact) mass is 493 g/mol. The highest BCUT2D eigenvalue weighted by Crippen LogP contribution is 2.18. The van der Waals surface area contributed by atoms with Gasteiger partial charge in [0.25, 0.3) is 5.91 Å². The second-order valence-corrected chi connectivity index (χ2v) is 10.8. The van der Waals surface area contributed by atoms with E-state index < -0.39 is 10.0 Å². The Bertz CT molecular complexity index is 1210. The second kappa shape index (κ2) is 11.5. The molecule has 0 saturated carbocycles. The number of sulfonamides is 1. The molecule has 3 aromatic rings. The van der Waals surface area contributed by atoms with E-state index in [-0.39, 0.29) is 11.7 Å². The van der Waals surface area contributed by atoms with Crippen molar-refractivity contribution in [2.45, 2.75) is 20.1 Å². The first-order valence-corrected chi connectivity index (χ1v) is 13.4. The summed E-state index contributed by atoms with van der Waals surface area (Å²) in [6, 6.07) is 24.8. The average molecular weight is 494 g/mol. The lowest BCUT2D eigenvalue weighted by atomic mass is 10.1. The molecule has 0 aromatic heterocycles. The zero-order chi connectivity index (χ0) is 24.7. The molecule has 0 aliphatic carbocycles. The van der Waals surface area contributed by atoms with Crippen LogP contribution < -0.4 is 10.1 Å². The molecule has 8 heteroatoms. The number of nitrogens with one attached hydrogen (secondary N) is 1. The van der Waals surface area contributed by atoms with Gasteiger partial charge in [-0.2, -0.15) is 4.31 Å². The second-order valence-electron chi connectivity index (χ2n) is 8.53. The summed E-state index contributed by atoms with van der Waals surface area (Å²) in [5.74, 6) is 0.708. The van der Waals surface area contributed by atoms with Gasteiger partial charge < -0.3 is 10.1 Å². The zero-order valence-corrected chi connectivity index (χ0v) is 20.7. The van der Waals surface area contributed by atoms with Crippen molar-refractivity contribution in [1.29, 1.82) is 0 Å². The van der Waals surface area contributed by atoms with Gasteiger partial charge in [0.1, 0.15) is 12.4 Å². The summed E-state index contributed by atoms with van der Waals surface area (Å²) < 4.78 is 31.4. The van der Waals surface area contributed by atoms with Crippen LogP contribution in [0.4, 0.5) is 5.69 Å². The number of hydrogen-bond acceptors (Lipinski definition) is 5. The van der Waals surface area contributed by atoms with E-state index in [2.05, 4.69) is 10.2 Å². The Morgan fingerprint density at radius 3 is 2.14 bits per heavy atom. The Morgan fingerprint density at radius 2 is 1.51 bits per heavy atom. The van der Waals surface area contributed by atoms with E-state index in [1.165, 1.54) is 0 Å². The van der Waals surface area contributed by atoms with Crippen LogP contribution in [0.5, 0.6) is 5.75 Å². The van der Waals surface area contributed by atoms with Crippen LogP contribution in [0, 0.1) is 0 Å². The standard InChI is InChI=1S/C27H31N3O4S/c1-2-35(32,33)30-18-16-29(17-19-30)20-22-8-10-24(11-9-22)27(31)28-25-12-14-26(15-13-25)34-21-23-6-4-3-5-7-23/h3-15H,2,16-21H2,1H3,(H,28,31). The van der Waals surface area contributed by atoms with Crippen LogP contribution in [-0.4, -0.2) is 55.5 Å². The Morgan fingerprint density at radius 1 is 0.857 bits per heavy atom. The molecule has 1 amide bonds. The number of carbonyl (C=O) groups is 1. The van der Waals surface area contributed by atoms with Crippen LogP contribution in [-0.2, 0) is 23.2 Å². The van der Waals surface area contributed by atoms with Gasteiger partial charge in [0.15, 0.2) is 0 Å². The smallest absolute Gasteiger partial charge is 0.255 e. The summed E-state index contributed by atoms with van der Waals surface area (Å²) >= 11 is 0. The van der Waals surface area contributed by atoms with Crippen molar-refractivity contribution in [3.8, 4) is 5.75 Å². The van der Waals surface area contributed by atoms with E-state index in [1.807, 2.05) is 78.9 Å². The molecule has 184 valence electrons. The van der Waals surface area contributed by atoms with E-state index in [4.69, 9.17) is 4.74 Å². The number of hydrogen-bond donors (Lipinski definition) is 1. The van der Waals surface area contributed by atoms with Gasteiger partial charge in [-0.3, -0.25) is 9.69 Å². The minimum Gasteiger partial charge on any atom is -0.489 e. The molecule has 4 rings (SSSR count). The minimum atomic E-state index is -3.12. The third kappa shape index (κ3) is 6.91. The van der Waals surface area contributed by atoms with Crippen LogP contribution in [0.2, 0.25) is 0 Å².